The van der Waals surface area contributed by atoms with Gasteiger partial charge in [-0.05, 0) is 33.1 Å². The highest BCUT2D eigenvalue weighted by Gasteiger charge is 2.41. The number of nitrogens with one attached hydrogen (secondary N) is 1. The average Bonchev–Trinajstić information content (AvgIpc) is 3.32. The summed E-state index contributed by atoms with van der Waals surface area (Å²) >= 11 is 0. The summed E-state index contributed by atoms with van der Waals surface area (Å²) in [5, 5.41) is 21.5. The minimum absolute atomic E-state index is 0.181. The minimum Gasteiger partial charge on any atom is -0.391 e. The SMILES string of the molecule is CC(O)[C@H](N)C(=O)N1CC[C@H](C(=O)N2CCC[C@@H]2C(=O)N[C@H](C(N)=O)[C@@H](C)O)C1. The first kappa shape index (κ1) is 23.0. The maximum Gasteiger partial charge on any atom is 0.243 e. The Kier molecular flexibility index (Phi) is 7.55. The number of carbonyl (C=O) groups excluding carboxylic acids is 4. The fraction of sp³-hybridized carbons (Fsp3) is 0.778. The average molecular weight is 413 g/mol. The standard InChI is InChI=1S/C18H31N5O6/c1-9(24)13(19)18(29)22-7-5-11(8-22)17(28)23-6-3-4-12(23)16(27)21-14(10(2)25)15(20)26/h9-14,24-25H,3-8,19H2,1-2H3,(H2,20,26)(H,21,27)/t9?,10-,11+,12-,13+,14+/m1/s1. The van der Waals surface area contributed by atoms with E-state index in [2.05, 4.69) is 5.32 Å². The van der Waals surface area contributed by atoms with Gasteiger partial charge in [0, 0.05) is 19.6 Å². The van der Waals surface area contributed by atoms with Gasteiger partial charge in [0.2, 0.25) is 23.6 Å². The summed E-state index contributed by atoms with van der Waals surface area (Å²) in [6.45, 7) is 3.70. The van der Waals surface area contributed by atoms with Crippen LogP contribution in [0.4, 0.5) is 0 Å². The van der Waals surface area contributed by atoms with E-state index in [1.165, 1.54) is 23.6 Å². The monoisotopic (exact) mass is 413 g/mol. The molecule has 7 N–H and O–H groups in total. The first-order chi connectivity index (χ1) is 13.5. The lowest BCUT2D eigenvalue weighted by Gasteiger charge is -2.28. The van der Waals surface area contributed by atoms with Gasteiger partial charge in [-0.15, -0.1) is 0 Å². The van der Waals surface area contributed by atoms with Crippen LogP contribution < -0.4 is 16.8 Å². The van der Waals surface area contributed by atoms with Gasteiger partial charge >= 0.3 is 0 Å². The van der Waals surface area contributed by atoms with Crippen LogP contribution >= 0.6 is 0 Å². The topological polar surface area (TPSA) is 179 Å². The van der Waals surface area contributed by atoms with Gasteiger partial charge in [0.1, 0.15) is 18.1 Å². The van der Waals surface area contributed by atoms with Gasteiger partial charge in [-0.1, -0.05) is 0 Å². The minimum atomic E-state index is -1.23. The lowest BCUT2D eigenvalue weighted by Crippen LogP contribution is -2.56. The van der Waals surface area contributed by atoms with Crippen molar-refractivity contribution in [1.82, 2.24) is 15.1 Å². The van der Waals surface area contributed by atoms with E-state index in [-0.39, 0.29) is 12.5 Å². The van der Waals surface area contributed by atoms with Crippen molar-refractivity contribution in [2.45, 2.75) is 63.4 Å². The number of rotatable bonds is 7. The number of nitrogens with zero attached hydrogens (tertiary/aromatic N) is 2. The first-order valence-corrected chi connectivity index (χ1v) is 9.85. The molecule has 0 aliphatic carbocycles. The van der Waals surface area contributed by atoms with Crippen molar-refractivity contribution in [3.63, 3.8) is 0 Å². The fourth-order valence-electron chi connectivity index (χ4n) is 3.80. The molecule has 1 unspecified atom stereocenters. The van der Waals surface area contributed by atoms with E-state index in [1.807, 2.05) is 0 Å². The third-order valence-corrected chi connectivity index (χ3v) is 5.58. The molecule has 0 aromatic carbocycles. The van der Waals surface area contributed by atoms with E-state index in [0.717, 1.165) is 0 Å². The van der Waals surface area contributed by atoms with Crippen LogP contribution in [0, 0.1) is 5.92 Å². The number of hydrogen-bond acceptors (Lipinski definition) is 7. The quantitative estimate of drug-likeness (QED) is 0.293. The Morgan fingerprint density at radius 2 is 1.72 bits per heavy atom. The lowest BCUT2D eigenvalue weighted by molar-refractivity contribution is -0.142. The van der Waals surface area contributed by atoms with Crippen LogP contribution in [0.1, 0.15) is 33.1 Å². The van der Waals surface area contributed by atoms with Crippen LogP contribution in [0.2, 0.25) is 0 Å². The van der Waals surface area contributed by atoms with E-state index in [0.29, 0.717) is 32.4 Å². The van der Waals surface area contributed by atoms with Crippen molar-refractivity contribution in [2.75, 3.05) is 19.6 Å². The number of aliphatic hydroxyl groups is 2. The van der Waals surface area contributed by atoms with Gasteiger partial charge < -0.3 is 36.8 Å². The van der Waals surface area contributed by atoms with E-state index in [9.17, 15) is 29.4 Å². The summed E-state index contributed by atoms with van der Waals surface area (Å²) < 4.78 is 0. The molecule has 2 rings (SSSR count). The first-order valence-electron chi connectivity index (χ1n) is 9.85. The molecule has 0 radical (unpaired) electrons. The van der Waals surface area contributed by atoms with Crippen molar-refractivity contribution in [1.29, 1.82) is 0 Å². The Balaban J connectivity index is 2.00. The zero-order chi connectivity index (χ0) is 21.9. The Morgan fingerprint density at radius 3 is 2.28 bits per heavy atom. The molecule has 6 atom stereocenters. The maximum absolute atomic E-state index is 13.0. The second kappa shape index (κ2) is 9.51. The highest BCUT2D eigenvalue weighted by atomic mass is 16.3. The Hall–Kier alpha value is -2.24. The molecule has 11 heteroatoms. The van der Waals surface area contributed by atoms with Crippen LogP contribution in [0.15, 0.2) is 0 Å². The number of likely N-dealkylation sites (tertiary alicyclic amines) is 2. The number of amides is 4. The van der Waals surface area contributed by atoms with E-state index in [1.54, 1.807) is 0 Å². The molecule has 2 aliphatic heterocycles. The van der Waals surface area contributed by atoms with Crippen molar-refractivity contribution in [3.8, 4) is 0 Å². The number of hydrogen-bond donors (Lipinski definition) is 5. The maximum atomic E-state index is 13.0. The van der Waals surface area contributed by atoms with Crippen LogP contribution in [0.3, 0.4) is 0 Å². The molecule has 0 aromatic rings. The molecule has 2 fully saturated rings. The van der Waals surface area contributed by atoms with Crippen molar-refractivity contribution in [2.24, 2.45) is 17.4 Å². The number of primary amides is 1. The summed E-state index contributed by atoms with van der Waals surface area (Å²) in [7, 11) is 0. The highest BCUT2D eigenvalue weighted by molar-refractivity contribution is 5.93. The highest BCUT2D eigenvalue weighted by Crippen LogP contribution is 2.25. The predicted octanol–water partition coefficient (Wildman–Crippen LogP) is -3.12. The predicted molar refractivity (Wildman–Crippen MR) is 102 cm³/mol. The molecule has 164 valence electrons. The van der Waals surface area contributed by atoms with Gasteiger partial charge in [0.25, 0.3) is 0 Å². The van der Waals surface area contributed by atoms with Crippen LogP contribution in [-0.4, -0.2) is 93.6 Å². The molecule has 11 nitrogen and oxygen atoms in total. The van der Waals surface area contributed by atoms with Gasteiger partial charge in [-0.2, -0.15) is 0 Å². The van der Waals surface area contributed by atoms with Crippen molar-refractivity contribution in [3.05, 3.63) is 0 Å². The largest absolute Gasteiger partial charge is 0.391 e. The third kappa shape index (κ3) is 5.22. The Bertz CT molecular complexity index is 655. The molecule has 2 saturated heterocycles. The second-order valence-corrected chi connectivity index (χ2v) is 7.86. The number of aliphatic hydroxyl groups excluding tert-OH is 2. The smallest absolute Gasteiger partial charge is 0.243 e. The molecule has 0 aromatic heterocycles. The van der Waals surface area contributed by atoms with E-state index >= 15 is 0 Å². The zero-order valence-corrected chi connectivity index (χ0v) is 16.8. The lowest BCUT2D eigenvalue weighted by atomic mass is 10.1. The molecule has 0 bridgehead atoms. The summed E-state index contributed by atoms with van der Waals surface area (Å²) in [5.74, 6) is -2.51. The normalized spacial score (nSPS) is 26.0. The second-order valence-electron chi connectivity index (χ2n) is 7.86. The number of carbonyl (C=O) groups is 4. The van der Waals surface area contributed by atoms with Gasteiger partial charge in [-0.3, -0.25) is 19.2 Å². The molecule has 0 spiro atoms. The Labute approximate surface area is 169 Å². The molecule has 2 aliphatic rings. The van der Waals surface area contributed by atoms with E-state index in [4.69, 9.17) is 11.5 Å². The van der Waals surface area contributed by atoms with Gasteiger partial charge in [0.15, 0.2) is 0 Å². The Morgan fingerprint density at radius 1 is 1.07 bits per heavy atom. The summed E-state index contributed by atoms with van der Waals surface area (Å²) in [4.78, 5) is 52.2. The fourth-order valence-corrected chi connectivity index (χ4v) is 3.80. The summed E-state index contributed by atoms with van der Waals surface area (Å²) in [5.41, 5.74) is 10.9. The van der Waals surface area contributed by atoms with Gasteiger partial charge in [0.05, 0.1) is 18.1 Å². The molecular weight excluding hydrogens is 382 g/mol. The molecular formula is C18H31N5O6. The van der Waals surface area contributed by atoms with Crippen molar-refractivity contribution >= 4 is 23.6 Å². The molecule has 29 heavy (non-hydrogen) atoms. The molecule has 4 amide bonds. The van der Waals surface area contributed by atoms with Crippen LogP contribution in [-0.2, 0) is 19.2 Å². The summed E-state index contributed by atoms with van der Waals surface area (Å²) in [6.07, 6.45) is -0.641. The van der Waals surface area contributed by atoms with E-state index < -0.39 is 54.0 Å². The molecule has 2 heterocycles. The van der Waals surface area contributed by atoms with Crippen LogP contribution in [0.5, 0.6) is 0 Å². The third-order valence-electron chi connectivity index (χ3n) is 5.58. The van der Waals surface area contributed by atoms with Crippen molar-refractivity contribution < 1.29 is 29.4 Å². The van der Waals surface area contributed by atoms with Crippen LogP contribution in [0.25, 0.3) is 0 Å². The zero-order valence-electron chi connectivity index (χ0n) is 16.8. The summed E-state index contributed by atoms with van der Waals surface area (Å²) in [6, 6.07) is -3.03. The molecule has 0 saturated carbocycles. The van der Waals surface area contributed by atoms with Gasteiger partial charge in [-0.25, -0.2) is 0 Å². The number of nitrogens with two attached hydrogens (primary N) is 2.